The summed E-state index contributed by atoms with van der Waals surface area (Å²) in [6.45, 7) is 0. The minimum Gasteiger partial charge on any atom is -0.397 e. The van der Waals surface area contributed by atoms with Gasteiger partial charge in [0.1, 0.15) is 28.1 Å². The topological polar surface area (TPSA) is 119 Å². The van der Waals surface area contributed by atoms with Crippen LogP contribution in [-0.2, 0) is 0 Å². The molecule has 9 heteroatoms. The first-order chi connectivity index (χ1) is 11.4. The molecule has 0 aliphatic heterocycles. The minimum absolute atomic E-state index is 0.125. The fraction of sp³-hybridized carbons (Fsp3) is 0. The van der Waals surface area contributed by atoms with Gasteiger partial charge < -0.3 is 11.1 Å². The molecule has 3 aromatic rings. The van der Waals surface area contributed by atoms with Gasteiger partial charge in [-0.15, -0.1) is 0 Å². The Morgan fingerprint density at radius 3 is 2.71 bits per heavy atom. The van der Waals surface area contributed by atoms with Gasteiger partial charge in [0.15, 0.2) is 4.83 Å². The Bertz CT molecular complexity index is 1020. The highest BCUT2D eigenvalue weighted by molar-refractivity contribution is 7.20. The van der Waals surface area contributed by atoms with Crippen molar-refractivity contribution in [1.29, 1.82) is 5.26 Å². The third kappa shape index (κ3) is 2.59. The van der Waals surface area contributed by atoms with Gasteiger partial charge in [-0.05, 0) is 18.2 Å². The van der Waals surface area contributed by atoms with E-state index in [1.54, 1.807) is 0 Å². The number of hydrogen-bond donors (Lipinski definition) is 3. The number of nitrogen functional groups attached to an aromatic ring is 2. The molecule has 3 rings (SSSR count). The third-order valence-electron chi connectivity index (χ3n) is 3.32. The molecule has 0 aliphatic rings. The summed E-state index contributed by atoms with van der Waals surface area (Å²) in [7, 11) is 0. The van der Waals surface area contributed by atoms with E-state index in [4.69, 9.17) is 16.7 Å². The lowest BCUT2D eigenvalue weighted by atomic mass is 10.2. The van der Waals surface area contributed by atoms with Crippen molar-refractivity contribution in [1.82, 2.24) is 0 Å². The van der Waals surface area contributed by atoms with E-state index in [2.05, 4.69) is 10.3 Å². The van der Waals surface area contributed by atoms with Crippen LogP contribution < -0.4 is 21.8 Å². The van der Waals surface area contributed by atoms with Gasteiger partial charge in [-0.1, -0.05) is 11.3 Å². The lowest BCUT2D eigenvalue weighted by Gasteiger charge is -2.05. The summed E-state index contributed by atoms with van der Waals surface area (Å²) >= 11 is 1.02. The predicted molar refractivity (Wildman–Crippen MR) is 86.2 cm³/mol. The monoisotopic (exact) mass is 346 g/mol. The zero-order chi connectivity index (χ0) is 17.4. The number of hydrogen-bond acceptors (Lipinski definition) is 5. The Morgan fingerprint density at radius 1 is 1.29 bits per heavy atom. The highest BCUT2D eigenvalue weighted by Crippen LogP contribution is 2.33. The Hall–Kier alpha value is -3.25. The van der Waals surface area contributed by atoms with E-state index in [1.807, 2.05) is 6.07 Å². The lowest BCUT2D eigenvalue weighted by molar-refractivity contribution is -0.323. The van der Waals surface area contributed by atoms with Gasteiger partial charge >= 0.3 is 0 Å². The summed E-state index contributed by atoms with van der Waals surface area (Å²) in [6, 6.07) is 6.20. The molecular weight excluding hydrogens is 336 g/mol. The molecule has 0 aliphatic carbocycles. The van der Waals surface area contributed by atoms with Crippen molar-refractivity contribution in [2.75, 3.05) is 16.8 Å². The van der Waals surface area contributed by atoms with E-state index < -0.39 is 17.5 Å². The number of amides is 1. The van der Waals surface area contributed by atoms with Crippen LogP contribution >= 0.6 is 11.3 Å². The molecule has 0 bridgehead atoms. The quantitative estimate of drug-likeness (QED) is 0.659. The molecule has 0 radical (unpaired) electrons. The van der Waals surface area contributed by atoms with Crippen molar-refractivity contribution in [2.24, 2.45) is 0 Å². The summed E-state index contributed by atoms with van der Waals surface area (Å²) in [6.07, 6.45) is 0. The third-order valence-corrected chi connectivity index (χ3v) is 4.45. The van der Waals surface area contributed by atoms with Gasteiger partial charge in [-0.25, -0.2) is 13.8 Å². The van der Waals surface area contributed by atoms with Crippen molar-refractivity contribution in [2.45, 2.75) is 0 Å². The Morgan fingerprint density at radius 2 is 2.04 bits per heavy atom. The Labute approximate surface area is 138 Å². The van der Waals surface area contributed by atoms with E-state index in [0.29, 0.717) is 16.3 Å². The van der Waals surface area contributed by atoms with Crippen LogP contribution in [0.2, 0.25) is 0 Å². The molecule has 2 aromatic heterocycles. The molecule has 1 aromatic carbocycles. The van der Waals surface area contributed by atoms with Crippen LogP contribution in [0.5, 0.6) is 0 Å². The molecule has 0 saturated carbocycles. The van der Waals surface area contributed by atoms with Crippen molar-refractivity contribution >= 4 is 44.7 Å². The van der Waals surface area contributed by atoms with Gasteiger partial charge in [-0.3, -0.25) is 10.5 Å². The van der Waals surface area contributed by atoms with Crippen molar-refractivity contribution < 1.29 is 18.6 Å². The smallest absolute Gasteiger partial charge is 0.289 e. The zero-order valence-corrected chi connectivity index (χ0v) is 12.8. The molecule has 1 amide bonds. The number of pyridine rings is 1. The second-order valence-corrected chi connectivity index (χ2v) is 5.90. The number of carbonyl (C=O) groups excluding carboxylic acids is 1. The SMILES string of the molecule is N#Cc1cc2c(N)c(C(=O)Nc3ccc(F)cc3F)sc2[nH+]c1N. The summed E-state index contributed by atoms with van der Waals surface area (Å²) in [5.41, 5.74) is 11.8. The first-order valence-corrected chi connectivity index (χ1v) is 7.42. The number of aromatic nitrogens is 1. The summed E-state index contributed by atoms with van der Waals surface area (Å²) < 4.78 is 26.5. The van der Waals surface area contributed by atoms with Crippen LogP contribution in [0.3, 0.4) is 0 Å². The van der Waals surface area contributed by atoms with Crippen molar-refractivity contribution in [3.8, 4) is 6.07 Å². The van der Waals surface area contributed by atoms with E-state index in [9.17, 15) is 13.6 Å². The molecule has 24 heavy (non-hydrogen) atoms. The molecule has 0 saturated heterocycles. The van der Waals surface area contributed by atoms with E-state index in [1.165, 1.54) is 6.07 Å². The van der Waals surface area contributed by atoms with Crippen LogP contribution in [-0.4, -0.2) is 5.91 Å². The highest BCUT2D eigenvalue weighted by Gasteiger charge is 2.21. The van der Waals surface area contributed by atoms with Gasteiger partial charge in [0.2, 0.25) is 0 Å². The van der Waals surface area contributed by atoms with Crippen LogP contribution in [0.1, 0.15) is 15.2 Å². The number of carbonyl (C=O) groups is 1. The van der Waals surface area contributed by atoms with Gasteiger partial charge in [0, 0.05) is 6.07 Å². The molecule has 0 spiro atoms. The molecular formula is C15H10F2N5OS+. The standard InChI is InChI=1S/C15H9F2N5OS/c16-7-1-2-10(9(17)4-7)21-14(23)12-11(19)8-3-6(5-18)13(20)22-15(8)24-12/h1-4H,19H2,(H2,20,22)(H,21,23)/p+1. The number of fused-ring (bicyclic) bond motifs is 1. The number of aromatic amines is 1. The largest absolute Gasteiger partial charge is 0.397 e. The summed E-state index contributed by atoms with van der Waals surface area (Å²) in [4.78, 5) is 15.8. The van der Waals surface area contributed by atoms with E-state index >= 15 is 0 Å². The number of nitriles is 1. The maximum Gasteiger partial charge on any atom is 0.289 e. The number of nitrogens with zero attached hydrogens (tertiary/aromatic N) is 1. The number of halogens is 2. The highest BCUT2D eigenvalue weighted by atomic mass is 32.1. The number of nitrogens with two attached hydrogens (primary N) is 2. The second-order valence-electron chi connectivity index (χ2n) is 4.87. The molecule has 0 atom stereocenters. The Balaban J connectivity index is 2.01. The fourth-order valence-corrected chi connectivity index (χ4v) is 3.14. The number of anilines is 3. The van der Waals surface area contributed by atoms with Gasteiger partial charge in [-0.2, -0.15) is 5.26 Å². The van der Waals surface area contributed by atoms with Gasteiger partial charge in [0.25, 0.3) is 11.7 Å². The van der Waals surface area contributed by atoms with Crippen molar-refractivity contribution in [3.63, 3.8) is 0 Å². The minimum atomic E-state index is -0.898. The number of benzene rings is 1. The number of thiophene rings is 1. The van der Waals surface area contributed by atoms with Crippen LogP contribution in [0.25, 0.3) is 10.2 Å². The molecule has 0 fully saturated rings. The van der Waals surface area contributed by atoms with E-state index in [-0.39, 0.29) is 27.6 Å². The second kappa shape index (κ2) is 5.75. The molecule has 2 heterocycles. The lowest BCUT2D eigenvalue weighted by Crippen LogP contribution is -2.13. The zero-order valence-electron chi connectivity index (χ0n) is 12.0. The molecule has 6 nitrogen and oxygen atoms in total. The molecule has 120 valence electrons. The first-order valence-electron chi connectivity index (χ1n) is 6.61. The van der Waals surface area contributed by atoms with Gasteiger partial charge in [0.05, 0.1) is 16.8 Å². The normalized spacial score (nSPS) is 10.5. The fourth-order valence-electron chi connectivity index (χ4n) is 2.14. The van der Waals surface area contributed by atoms with Crippen LogP contribution in [0.15, 0.2) is 24.3 Å². The summed E-state index contributed by atoms with van der Waals surface area (Å²) in [5.74, 6) is -2.14. The van der Waals surface area contributed by atoms with E-state index in [0.717, 1.165) is 23.5 Å². The maximum absolute atomic E-state index is 13.6. The number of nitrogens with one attached hydrogen (secondary N) is 2. The molecule has 6 N–H and O–H groups in total. The first kappa shape index (κ1) is 15.6. The number of rotatable bonds is 2. The average molecular weight is 346 g/mol. The average Bonchev–Trinajstić information content (AvgIpc) is 2.85. The molecule has 0 unspecified atom stereocenters. The maximum atomic E-state index is 13.6. The van der Waals surface area contributed by atoms with Crippen molar-refractivity contribution in [3.05, 3.63) is 46.3 Å². The number of H-pyrrole nitrogens is 1. The summed E-state index contributed by atoms with van der Waals surface area (Å²) in [5, 5.41) is 11.8. The Kier molecular flexibility index (Phi) is 3.75. The predicted octanol–water partition coefficient (Wildman–Crippen LogP) is 2.28. The van der Waals surface area contributed by atoms with Crippen LogP contribution in [0, 0.1) is 23.0 Å². The van der Waals surface area contributed by atoms with Crippen LogP contribution in [0.4, 0.5) is 26.0 Å².